The molecule has 0 aliphatic heterocycles. The first-order chi connectivity index (χ1) is 18.2. The van der Waals surface area contributed by atoms with Crippen molar-refractivity contribution in [2.75, 3.05) is 19.4 Å². The van der Waals surface area contributed by atoms with Crippen LogP contribution in [0.5, 0.6) is 5.75 Å². The third kappa shape index (κ3) is 3.79. The van der Waals surface area contributed by atoms with Crippen molar-refractivity contribution in [2.45, 2.75) is 43.9 Å². The highest BCUT2D eigenvalue weighted by Gasteiger charge is 2.74. The number of aliphatic hydroxyl groups is 1. The van der Waals surface area contributed by atoms with Gasteiger partial charge in [0.2, 0.25) is 12.3 Å². The number of carbonyl (C=O) groups excluding carboxylic acids is 7. The molecule has 0 bridgehead atoms. The second kappa shape index (κ2) is 9.65. The fraction of sp³-hybridized carbons (Fsp3) is 0.500. The number of ether oxygens (including phenoxy) is 1. The average molecular weight is 544 g/mol. The molecule has 1 aromatic rings. The van der Waals surface area contributed by atoms with Gasteiger partial charge in [-0.3, -0.25) is 38.5 Å². The fourth-order valence-electron chi connectivity index (χ4n) is 6.52. The average Bonchev–Trinajstić information content (AvgIpc) is 2.86. The maximum atomic E-state index is 14.1. The predicted octanol–water partition coefficient (Wildman–Crippen LogP) is -1.07. The lowest BCUT2D eigenvalue weighted by Gasteiger charge is -2.56. The molecule has 0 heterocycles. The van der Waals surface area contributed by atoms with Crippen LogP contribution in [0, 0.1) is 23.7 Å². The summed E-state index contributed by atoms with van der Waals surface area (Å²) >= 11 is 0. The number of phenols is 1. The zero-order valence-electron chi connectivity index (χ0n) is 21.7. The summed E-state index contributed by atoms with van der Waals surface area (Å²) in [6, 6.07) is 1.36. The second-order valence-electron chi connectivity index (χ2n) is 10.4. The number of hydrogen-bond acceptors (Lipinski definition) is 11. The number of Topliss-reactive ketones (excluding diaryl/α,β-unsaturated/α-hetero) is 4. The lowest BCUT2D eigenvalue weighted by molar-refractivity contribution is -0.205. The van der Waals surface area contributed by atoms with Gasteiger partial charge in [0.05, 0.1) is 29.1 Å². The van der Waals surface area contributed by atoms with Crippen molar-refractivity contribution in [3.8, 4) is 5.75 Å². The number of benzene rings is 1. The van der Waals surface area contributed by atoms with E-state index in [0.29, 0.717) is 0 Å². The zero-order chi connectivity index (χ0) is 29.1. The topological polar surface area (TPSA) is 210 Å². The molecule has 2 saturated carbocycles. The Labute approximate surface area is 222 Å². The van der Waals surface area contributed by atoms with E-state index in [1.807, 2.05) is 0 Å². The maximum absolute atomic E-state index is 14.1. The van der Waals surface area contributed by atoms with Crippen LogP contribution in [0.2, 0.25) is 0 Å². The van der Waals surface area contributed by atoms with Crippen molar-refractivity contribution in [3.63, 3.8) is 0 Å². The Morgan fingerprint density at radius 3 is 2.36 bits per heavy atom. The Kier molecular flexibility index (Phi) is 6.94. The predicted molar refractivity (Wildman–Crippen MR) is 131 cm³/mol. The quantitative estimate of drug-likeness (QED) is 0.147. The van der Waals surface area contributed by atoms with Crippen LogP contribution in [-0.2, 0) is 33.5 Å². The molecule has 2 amide bonds. The summed E-state index contributed by atoms with van der Waals surface area (Å²) in [5.74, 6) is -15.0. The van der Waals surface area contributed by atoms with Crippen molar-refractivity contribution < 1.29 is 48.5 Å². The molecule has 4 rings (SSSR count). The summed E-state index contributed by atoms with van der Waals surface area (Å²) in [6.07, 6.45) is -1.35. The first kappa shape index (κ1) is 28.0. The fourth-order valence-corrected chi connectivity index (χ4v) is 6.52. The molecule has 0 radical (unpaired) electrons. The molecule has 1 aromatic carbocycles. The molecule has 0 saturated heterocycles. The Bertz CT molecular complexity index is 1320. The minimum absolute atomic E-state index is 0.114. The third-order valence-electron chi connectivity index (χ3n) is 8.23. The number of fused-ring (bicyclic) bond motifs is 3. The van der Waals surface area contributed by atoms with Crippen LogP contribution < -0.4 is 11.1 Å². The highest BCUT2D eigenvalue weighted by molar-refractivity contribution is 6.32. The summed E-state index contributed by atoms with van der Waals surface area (Å²) < 4.78 is 5.72. The van der Waals surface area contributed by atoms with Crippen LogP contribution in [0.25, 0.3) is 0 Å². The van der Waals surface area contributed by atoms with Crippen LogP contribution >= 0.6 is 0 Å². The number of nitrogens with one attached hydrogen (secondary N) is 1. The van der Waals surface area contributed by atoms with Gasteiger partial charge >= 0.3 is 5.97 Å². The summed E-state index contributed by atoms with van der Waals surface area (Å²) in [4.78, 5) is 92.0. The van der Waals surface area contributed by atoms with E-state index in [-0.39, 0.29) is 29.6 Å². The molecular formula is C26H29N3O10. The number of aromatic hydroxyl groups is 1. The van der Waals surface area contributed by atoms with Crippen LogP contribution in [0.15, 0.2) is 12.1 Å². The van der Waals surface area contributed by atoms with E-state index in [0.717, 1.165) is 0 Å². The van der Waals surface area contributed by atoms with Crippen molar-refractivity contribution in [2.24, 2.45) is 29.4 Å². The SMILES string of the molecule is CCC(=O)O[C@@H]1[C@@H]2C(C(=O)c3c(ccc(NC=O)c3O)[C@H]2C)C(=O)[C@@]2(O)C(=O)C(C(N)=O)C(=O)[C@H](N(C)C)[C@@H]12. The Balaban J connectivity index is 2.02. The van der Waals surface area contributed by atoms with Gasteiger partial charge in [-0.1, -0.05) is 19.9 Å². The first-order valence-electron chi connectivity index (χ1n) is 12.4. The second-order valence-corrected chi connectivity index (χ2v) is 10.4. The summed E-state index contributed by atoms with van der Waals surface area (Å²) in [5, 5.41) is 25.0. The van der Waals surface area contributed by atoms with Crippen molar-refractivity contribution >= 4 is 47.1 Å². The minimum atomic E-state index is -3.09. The molecule has 13 heteroatoms. The van der Waals surface area contributed by atoms with Gasteiger partial charge in [-0.05, 0) is 31.6 Å². The van der Waals surface area contributed by atoms with Crippen LogP contribution in [-0.4, -0.2) is 88.4 Å². The number of amides is 2. The number of likely N-dealkylation sites (N-methyl/N-ethyl adjacent to an activating group) is 1. The normalized spacial score (nSPS) is 33.6. The largest absolute Gasteiger partial charge is 0.505 e. The van der Waals surface area contributed by atoms with E-state index in [2.05, 4.69) is 5.32 Å². The Morgan fingerprint density at radius 1 is 1.18 bits per heavy atom. The molecule has 0 aromatic heterocycles. The van der Waals surface area contributed by atoms with E-state index in [1.165, 1.54) is 38.1 Å². The number of nitrogens with two attached hydrogens (primary N) is 1. The molecule has 5 N–H and O–H groups in total. The molecule has 3 aliphatic rings. The van der Waals surface area contributed by atoms with E-state index in [4.69, 9.17) is 10.5 Å². The highest BCUT2D eigenvalue weighted by atomic mass is 16.5. The smallest absolute Gasteiger partial charge is 0.305 e. The Hall–Kier alpha value is -3.97. The van der Waals surface area contributed by atoms with E-state index < -0.39 is 88.1 Å². The standard InChI is InChI=1S/C26H29N3O10/c1-5-12(31)39-22-13-9(2)10-6-7-11(28-8-30)19(32)14(10)20(33)15(13)23(35)26(38)17(22)18(29(3)4)21(34)16(24(26)36)25(27)37/h6-9,13,15-18,22,32,38H,5H2,1-4H3,(H2,27,37)(H,28,30)/t9-,13+,15?,16?,17+,18-,22-,26-/m1/s1. The zero-order valence-corrected chi connectivity index (χ0v) is 21.7. The van der Waals surface area contributed by atoms with E-state index in [9.17, 15) is 43.8 Å². The number of hydrogen-bond donors (Lipinski definition) is 4. The molecule has 13 nitrogen and oxygen atoms in total. The lowest BCUT2D eigenvalue weighted by Crippen LogP contribution is -2.78. The van der Waals surface area contributed by atoms with Crippen molar-refractivity contribution in [3.05, 3.63) is 23.3 Å². The third-order valence-corrected chi connectivity index (χ3v) is 8.23. The van der Waals surface area contributed by atoms with Crippen molar-refractivity contribution in [1.82, 2.24) is 4.90 Å². The maximum Gasteiger partial charge on any atom is 0.305 e. The van der Waals surface area contributed by atoms with Crippen LogP contribution in [0.3, 0.4) is 0 Å². The lowest BCUT2D eigenvalue weighted by atomic mass is 9.49. The van der Waals surface area contributed by atoms with Gasteiger partial charge in [-0.15, -0.1) is 0 Å². The summed E-state index contributed by atoms with van der Waals surface area (Å²) in [5.41, 5.74) is 2.10. The van der Waals surface area contributed by atoms with E-state index >= 15 is 0 Å². The molecule has 39 heavy (non-hydrogen) atoms. The number of rotatable bonds is 6. The van der Waals surface area contributed by atoms with Gasteiger partial charge in [0, 0.05) is 12.3 Å². The van der Waals surface area contributed by atoms with Crippen LogP contribution in [0.4, 0.5) is 5.69 Å². The molecule has 208 valence electrons. The number of primary amides is 1. The summed E-state index contributed by atoms with van der Waals surface area (Å²) in [7, 11) is 2.85. The first-order valence-corrected chi connectivity index (χ1v) is 12.4. The molecule has 0 spiro atoms. The summed E-state index contributed by atoms with van der Waals surface area (Å²) in [6.45, 7) is 3.11. The van der Waals surface area contributed by atoms with Crippen LogP contribution in [0.1, 0.15) is 42.1 Å². The number of anilines is 1. The van der Waals surface area contributed by atoms with Gasteiger partial charge < -0.3 is 26.0 Å². The Morgan fingerprint density at radius 2 is 1.82 bits per heavy atom. The molecule has 2 unspecified atom stereocenters. The number of carbonyl (C=O) groups is 7. The van der Waals surface area contributed by atoms with Gasteiger partial charge in [0.1, 0.15) is 11.9 Å². The van der Waals surface area contributed by atoms with Gasteiger partial charge in [0.15, 0.2) is 34.7 Å². The number of ketones is 4. The van der Waals surface area contributed by atoms with Gasteiger partial charge in [-0.25, -0.2) is 0 Å². The monoisotopic (exact) mass is 543 g/mol. The number of nitrogens with zero attached hydrogens (tertiary/aromatic N) is 1. The molecule has 2 fully saturated rings. The molecular weight excluding hydrogens is 514 g/mol. The molecule has 3 aliphatic carbocycles. The van der Waals surface area contributed by atoms with Gasteiger partial charge in [-0.2, -0.15) is 0 Å². The van der Waals surface area contributed by atoms with Gasteiger partial charge in [0.25, 0.3) is 0 Å². The van der Waals surface area contributed by atoms with E-state index in [1.54, 1.807) is 6.92 Å². The van der Waals surface area contributed by atoms with Crippen molar-refractivity contribution in [1.29, 1.82) is 0 Å². The molecule has 8 atom stereocenters. The minimum Gasteiger partial charge on any atom is -0.505 e. The number of esters is 1. The highest BCUT2D eigenvalue weighted by Crippen LogP contribution is 2.55. The number of phenolic OH excluding ortho intramolecular Hbond substituents is 1.